The van der Waals surface area contributed by atoms with Gasteiger partial charge < -0.3 is 19.6 Å². The van der Waals surface area contributed by atoms with Crippen LogP contribution in [0.5, 0.6) is 11.5 Å². The third kappa shape index (κ3) is 3.63. The van der Waals surface area contributed by atoms with Crippen LogP contribution in [0.3, 0.4) is 0 Å². The average molecular weight is 338 g/mol. The molecule has 0 spiro atoms. The SMILES string of the molecule is COc1ccc(-c2nc(CC(N)=O)oc2-c2ccc(OC)cc2)cc1. The maximum Gasteiger partial charge on any atom is 0.226 e. The maximum absolute atomic E-state index is 11.2. The molecule has 128 valence electrons. The molecule has 0 aliphatic heterocycles. The number of nitrogens with zero attached hydrogens (tertiary/aromatic N) is 1. The van der Waals surface area contributed by atoms with Crippen LogP contribution in [0.2, 0.25) is 0 Å². The molecule has 3 aromatic rings. The minimum Gasteiger partial charge on any atom is -0.497 e. The molecule has 3 rings (SSSR count). The first-order chi connectivity index (χ1) is 12.1. The van der Waals surface area contributed by atoms with Crippen LogP contribution in [0.4, 0.5) is 0 Å². The highest BCUT2D eigenvalue weighted by molar-refractivity contribution is 5.79. The highest BCUT2D eigenvalue weighted by Crippen LogP contribution is 2.34. The van der Waals surface area contributed by atoms with Gasteiger partial charge in [-0.3, -0.25) is 4.79 Å². The van der Waals surface area contributed by atoms with Crippen molar-refractivity contribution in [3.05, 3.63) is 54.4 Å². The second-order valence-electron chi connectivity index (χ2n) is 5.39. The standard InChI is InChI=1S/C19H18N2O4/c1-23-14-7-3-12(4-8-14)18-19(25-17(21-18)11-16(20)22)13-5-9-15(24-2)10-6-13/h3-10H,11H2,1-2H3,(H2,20,22). The summed E-state index contributed by atoms with van der Waals surface area (Å²) in [7, 11) is 3.22. The number of hydrogen-bond acceptors (Lipinski definition) is 5. The Kier molecular flexibility index (Phi) is 4.70. The lowest BCUT2D eigenvalue weighted by Crippen LogP contribution is -2.13. The van der Waals surface area contributed by atoms with Gasteiger partial charge in [0, 0.05) is 11.1 Å². The zero-order valence-electron chi connectivity index (χ0n) is 14.0. The van der Waals surface area contributed by atoms with E-state index >= 15 is 0 Å². The molecule has 6 heteroatoms. The number of carbonyl (C=O) groups is 1. The van der Waals surface area contributed by atoms with Crippen LogP contribution in [0.25, 0.3) is 22.6 Å². The molecule has 0 aliphatic carbocycles. The molecule has 6 nitrogen and oxygen atoms in total. The number of primary amides is 1. The molecule has 0 bridgehead atoms. The first kappa shape index (κ1) is 16.6. The highest BCUT2D eigenvalue weighted by Gasteiger charge is 2.18. The second kappa shape index (κ2) is 7.09. The number of nitrogens with two attached hydrogens (primary N) is 1. The molecule has 1 amide bonds. The van der Waals surface area contributed by atoms with Crippen LogP contribution in [0, 0.1) is 0 Å². The van der Waals surface area contributed by atoms with E-state index in [-0.39, 0.29) is 12.3 Å². The number of aromatic nitrogens is 1. The van der Waals surface area contributed by atoms with Crippen LogP contribution in [-0.4, -0.2) is 25.1 Å². The van der Waals surface area contributed by atoms with Gasteiger partial charge in [0.05, 0.1) is 14.2 Å². The molecule has 0 saturated carbocycles. The van der Waals surface area contributed by atoms with Crippen LogP contribution >= 0.6 is 0 Å². The summed E-state index contributed by atoms with van der Waals surface area (Å²) in [5.74, 6) is 1.85. The molecular formula is C19H18N2O4. The summed E-state index contributed by atoms with van der Waals surface area (Å²) in [6, 6.07) is 14.9. The molecule has 1 heterocycles. The Bertz CT molecular complexity index is 802. The lowest BCUT2D eigenvalue weighted by atomic mass is 10.1. The van der Waals surface area contributed by atoms with Gasteiger partial charge >= 0.3 is 0 Å². The van der Waals surface area contributed by atoms with E-state index in [0.29, 0.717) is 11.5 Å². The second-order valence-corrected chi connectivity index (χ2v) is 5.39. The number of benzene rings is 2. The van der Waals surface area contributed by atoms with E-state index in [0.717, 1.165) is 22.6 Å². The number of oxazole rings is 1. The molecule has 2 aromatic carbocycles. The number of hydrogen-bond donors (Lipinski definition) is 1. The van der Waals surface area contributed by atoms with Gasteiger partial charge in [-0.15, -0.1) is 0 Å². The Morgan fingerprint density at radius 3 is 1.96 bits per heavy atom. The molecule has 1 aromatic heterocycles. The summed E-state index contributed by atoms with van der Waals surface area (Å²) in [6.07, 6.45) is -0.0562. The van der Waals surface area contributed by atoms with Gasteiger partial charge in [0.25, 0.3) is 0 Å². The van der Waals surface area contributed by atoms with Crippen molar-refractivity contribution in [2.24, 2.45) is 5.73 Å². The Labute approximate surface area is 145 Å². The molecule has 0 radical (unpaired) electrons. The summed E-state index contributed by atoms with van der Waals surface area (Å²) >= 11 is 0. The van der Waals surface area contributed by atoms with E-state index in [4.69, 9.17) is 19.6 Å². The topological polar surface area (TPSA) is 87.6 Å². The van der Waals surface area contributed by atoms with Crippen LogP contribution < -0.4 is 15.2 Å². The number of ether oxygens (including phenoxy) is 2. The lowest BCUT2D eigenvalue weighted by Gasteiger charge is -2.04. The van der Waals surface area contributed by atoms with Crippen molar-refractivity contribution in [3.63, 3.8) is 0 Å². The molecule has 0 saturated heterocycles. The fourth-order valence-corrected chi connectivity index (χ4v) is 2.47. The van der Waals surface area contributed by atoms with E-state index < -0.39 is 5.91 Å². The van der Waals surface area contributed by atoms with Crippen molar-refractivity contribution in [2.75, 3.05) is 14.2 Å². The lowest BCUT2D eigenvalue weighted by molar-refractivity contribution is -0.117. The van der Waals surface area contributed by atoms with E-state index in [2.05, 4.69) is 4.98 Å². The van der Waals surface area contributed by atoms with E-state index in [1.807, 2.05) is 48.5 Å². The smallest absolute Gasteiger partial charge is 0.226 e. The van der Waals surface area contributed by atoms with Crippen LogP contribution in [-0.2, 0) is 11.2 Å². The van der Waals surface area contributed by atoms with Gasteiger partial charge in [-0.25, -0.2) is 4.98 Å². The third-order valence-electron chi connectivity index (χ3n) is 3.71. The molecule has 0 aliphatic rings. The molecule has 0 atom stereocenters. The summed E-state index contributed by atoms with van der Waals surface area (Å²) < 4.78 is 16.2. The maximum atomic E-state index is 11.2. The Morgan fingerprint density at radius 1 is 0.960 bits per heavy atom. The van der Waals surface area contributed by atoms with Crippen LogP contribution in [0.15, 0.2) is 52.9 Å². The summed E-state index contributed by atoms with van der Waals surface area (Å²) in [6.45, 7) is 0. The van der Waals surface area contributed by atoms with E-state index in [1.54, 1.807) is 14.2 Å². The van der Waals surface area contributed by atoms with Gasteiger partial charge in [0.1, 0.15) is 23.6 Å². The first-order valence-electron chi connectivity index (χ1n) is 7.67. The first-order valence-corrected chi connectivity index (χ1v) is 7.67. The summed E-state index contributed by atoms with van der Waals surface area (Å²) in [5, 5.41) is 0. The minimum absolute atomic E-state index is 0.0562. The largest absolute Gasteiger partial charge is 0.497 e. The minimum atomic E-state index is -0.496. The Morgan fingerprint density at radius 2 is 1.48 bits per heavy atom. The number of amides is 1. The van der Waals surface area contributed by atoms with Crippen molar-refractivity contribution >= 4 is 5.91 Å². The molecule has 0 unspecified atom stereocenters. The van der Waals surface area contributed by atoms with Gasteiger partial charge in [-0.05, 0) is 48.5 Å². The Hall–Kier alpha value is -3.28. The number of carbonyl (C=O) groups excluding carboxylic acids is 1. The third-order valence-corrected chi connectivity index (χ3v) is 3.71. The fourth-order valence-electron chi connectivity index (χ4n) is 2.47. The normalized spacial score (nSPS) is 10.5. The highest BCUT2D eigenvalue weighted by atomic mass is 16.5. The van der Waals surface area contributed by atoms with Gasteiger partial charge in [-0.1, -0.05) is 0 Å². The van der Waals surface area contributed by atoms with Gasteiger partial charge in [-0.2, -0.15) is 0 Å². The average Bonchev–Trinajstić information content (AvgIpc) is 3.05. The van der Waals surface area contributed by atoms with Crippen molar-refractivity contribution < 1.29 is 18.7 Å². The monoisotopic (exact) mass is 338 g/mol. The number of rotatable bonds is 6. The van der Waals surface area contributed by atoms with E-state index in [9.17, 15) is 4.79 Å². The van der Waals surface area contributed by atoms with Crippen molar-refractivity contribution in [1.29, 1.82) is 0 Å². The number of methoxy groups -OCH3 is 2. The van der Waals surface area contributed by atoms with Crippen molar-refractivity contribution in [2.45, 2.75) is 6.42 Å². The Balaban J connectivity index is 2.07. The summed E-state index contributed by atoms with van der Waals surface area (Å²) in [4.78, 5) is 15.7. The zero-order valence-corrected chi connectivity index (χ0v) is 14.0. The van der Waals surface area contributed by atoms with Gasteiger partial charge in [0.2, 0.25) is 11.8 Å². The molecular weight excluding hydrogens is 320 g/mol. The van der Waals surface area contributed by atoms with Crippen molar-refractivity contribution in [1.82, 2.24) is 4.98 Å². The predicted molar refractivity (Wildman–Crippen MR) is 93.4 cm³/mol. The molecule has 0 fully saturated rings. The fraction of sp³-hybridized carbons (Fsp3) is 0.158. The van der Waals surface area contributed by atoms with Crippen LogP contribution in [0.1, 0.15) is 5.89 Å². The van der Waals surface area contributed by atoms with E-state index in [1.165, 1.54) is 0 Å². The molecule has 25 heavy (non-hydrogen) atoms. The van der Waals surface area contributed by atoms with Gasteiger partial charge in [0.15, 0.2) is 5.76 Å². The molecule has 2 N–H and O–H groups in total. The summed E-state index contributed by atoms with van der Waals surface area (Å²) in [5.41, 5.74) is 7.59. The van der Waals surface area contributed by atoms with Crippen molar-refractivity contribution in [3.8, 4) is 34.1 Å². The predicted octanol–water partition coefficient (Wildman–Crippen LogP) is 3.05. The quantitative estimate of drug-likeness (QED) is 0.746. The zero-order chi connectivity index (χ0) is 17.8.